The van der Waals surface area contributed by atoms with Crippen LogP contribution in [0.25, 0.3) is 11.3 Å². The van der Waals surface area contributed by atoms with Crippen LogP contribution in [0.4, 0.5) is 0 Å². The minimum Gasteiger partial charge on any atom is -0.336 e. The summed E-state index contributed by atoms with van der Waals surface area (Å²) in [5.74, 6) is 0.0898. The number of aromatic nitrogens is 1. The molecule has 0 atom stereocenters. The van der Waals surface area contributed by atoms with Crippen LogP contribution >= 0.6 is 11.3 Å². The Bertz CT molecular complexity index is 717. The van der Waals surface area contributed by atoms with E-state index in [1.54, 1.807) is 11.1 Å². The van der Waals surface area contributed by atoms with E-state index in [2.05, 4.69) is 4.98 Å². The van der Waals surface area contributed by atoms with Crippen LogP contribution in [0.15, 0.2) is 46.9 Å². The maximum absolute atomic E-state index is 12.6. The van der Waals surface area contributed by atoms with Gasteiger partial charge in [-0.3, -0.25) is 4.79 Å². The van der Waals surface area contributed by atoms with Crippen LogP contribution in [0.5, 0.6) is 0 Å². The Kier molecular flexibility index (Phi) is 3.54. The predicted octanol–water partition coefficient (Wildman–Crippen LogP) is 4.14. The quantitative estimate of drug-likeness (QED) is 0.781. The SMILES string of the molecule is O=C(c1nc(-c2ccccc2)cs1)N1CCC(=C2CC2)CC1. The Morgan fingerprint density at radius 2 is 1.68 bits per heavy atom. The highest BCUT2D eigenvalue weighted by molar-refractivity contribution is 7.12. The Morgan fingerprint density at radius 1 is 1.00 bits per heavy atom. The highest BCUT2D eigenvalue weighted by Gasteiger charge is 2.26. The van der Waals surface area contributed by atoms with Crippen LogP contribution in [-0.2, 0) is 0 Å². The minimum absolute atomic E-state index is 0.0898. The highest BCUT2D eigenvalue weighted by Crippen LogP contribution is 2.36. The van der Waals surface area contributed by atoms with E-state index in [1.165, 1.54) is 24.2 Å². The number of nitrogens with zero attached hydrogens (tertiary/aromatic N) is 2. The van der Waals surface area contributed by atoms with Crippen molar-refractivity contribution in [2.24, 2.45) is 0 Å². The van der Waals surface area contributed by atoms with Crippen molar-refractivity contribution in [3.05, 3.63) is 51.9 Å². The summed E-state index contributed by atoms with van der Waals surface area (Å²) < 4.78 is 0. The molecular formula is C18H18N2OS. The van der Waals surface area contributed by atoms with E-state index in [4.69, 9.17) is 0 Å². The Labute approximate surface area is 134 Å². The van der Waals surface area contributed by atoms with Gasteiger partial charge in [0.25, 0.3) is 5.91 Å². The molecular weight excluding hydrogens is 292 g/mol. The molecule has 1 saturated heterocycles. The minimum atomic E-state index is 0.0898. The molecule has 4 heteroatoms. The molecule has 3 nitrogen and oxygen atoms in total. The normalized spacial score (nSPS) is 17.7. The van der Waals surface area contributed by atoms with Crippen LogP contribution in [0.3, 0.4) is 0 Å². The standard InChI is InChI=1S/C18H18N2OS/c21-18(20-10-8-14(9-11-20)13-6-7-13)17-19-16(12-22-17)15-4-2-1-3-5-15/h1-5,12H,6-11H2. The second-order valence-electron chi connectivity index (χ2n) is 5.90. The van der Waals surface area contributed by atoms with Gasteiger partial charge in [0, 0.05) is 24.0 Å². The summed E-state index contributed by atoms with van der Waals surface area (Å²) in [6.07, 6.45) is 4.68. The molecule has 1 aliphatic heterocycles. The molecule has 0 unspecified atom stereocenters. The fraction of sp³-hybridized carbons (Fsp3) is 0.333. The highest BCUT2D eigenvalue weighted by atomic mass is 32.1. The van der Waals surface area contributed by atoms with Crippen molar-refractivity contribution < 1.29 is 4.79 Å². The first kappa shape index (κ1) is 13.7. The average Bonchev–Trinajstić information content (AvgIpc) is 3.32. The molecule has 112 valence electrons. The average molecular weight is 310 g/mol. The molecule has 1 aromatic carbocycles. The van der Waals surface area contributed by atoms with Gasteiger partial charge in [-0.2, -0.15) is 0 Å². The first-order valence-corrected chi connectivity index (χ1v) is 8.69. The summed E-state index contributed by atoms with van der Waals surface area (Å²) in [6, 6.07) is 10.0. The zero-order valence-corrected chi connectivity index (χ0v) is 13.2. The molecule has 2 aromatic rings. The van der Waals surface area contributed by atoms with E-state index in [0.29, 0.717) is 5.01 Å². The number of rotatable bonds is 2. The van der Waals surface area contributed by atoms with Gasteiger partial charge in [-0.05, 0) is 25.7 Å². The van der Waals surface area contributed by atoms with Crippen LogP contribution < -0.4 is 0 Å². The fourth-order valence-corrected chi connectivity index (χ4v) is 3.79. The van der Waals surface area contributed by atoms with Gasteiger partial charge in [-0.1, -0.05) is 41.5 Å². The van der Waals surface area contributed by atoms with Gasteiger partial charge in [0.05, 0.1) is 5.69 Å². The van der Waals surface area contributed by atoms with Crippen molar-refractivity contribution in [2.45, 2.75) is 25.7 Å². The molecule has 4 rings (SSSR count). The lowest BCUT2D eigenvalue weighted by Gasteiger charge is -2.27. The number of amides is 1. The van der Waals surface area contributed by atoms with E-state index in [9.17, 15) is 4.79 Å². The molecule has 2 aliphatic rings. The lowest BCUT2D eigenvalue weighted by molar-refractivity contribution is 0.0743. The van der Waals surface area contributed by atoms with E-state index < -0.39 is 0 Å². The van der Waals surface area contributed by atoms with E-state index >= 15 is 0 Å². The van der Waals surface area contributed by atoms with Crippen molar-refractivity contribution in [3.8, 4) is 11.3 Å². The number of hydrogen-bond acceptors (Lipinski definition) is 3. The zero-order valence-electron chi connectivity index (χ0n) is 12.4. The largest absolute Gasteiger partial charge is 0.336 e. The number of allylic oxidation sites excluding steroid dienone is 1. The third-order valence-corrected chi connectivity index (χ3v) is 5.24. The number of benzene rings is 1. The number of hydrogen-bond donors (Lipinski definition) is 0. The van der Waals surface area contributed by atoms with Crippen molar-refractivity contribution in [3.63, 3.8) is 0 Å². The summed E-state index contributed by atoms with van der Waals surface area (Å²) in [4.78, 5) is 19.1. The summed E-state index contributed by atoms with van der Waals surface area (Å²) in [6.45, 7) is 1.69. The Morgan fingerprint density at radius 3 is 2.36 bits per heavy atom. The molecule has 22 heavy (non-hydrogen) atoms. The van der Waals surface area contributed by atoms with Gasteiger partial charge in [0.2, 0.25) is 0 Å². The molecule has 1 aliphatic carbocycles. The molecule has 0 N–H and O–H groups in total. The van der Waals surface area contributed by atoms with Gasteiger partial charge < -0.3 is 4.90 Å². The van der Waals surface area contributed by atoms with E-state index in [0.717, 1.165) is 37.2 Å². The Balaban J connectivity index is 1.47. The Hall–Kier alpha value is -1.94. The lowest BCUT2D eigenvalue weighted by atomic mass is 10.0. The third kappa shape index (κ3) is 2.71. The second-order valence-corrected chi connectivity index (χ2v) is 6.76. The molecule has 0 radical (unpaired) electrons. The van der Waals surface area contributed by atoms with Crippen LogP contribution in [0, 0.1) is 0 Å². The fourth-order valence-electron chi connectivity index (χ4n) is 3.00. The summed E-state index contributed by atoms with van der Waals surface area (Å²) in [5.41, 5.74) is 5.21. The zero-order chi connectivity index (χ0) is 14.9. The van der Waals surface area contributed by atoms with Crippen molar-refractivity contribution in [1.29, 1.82) is 0 Å². The maximum atomic E-state index is 12.6. The number of carbonyl (C=O) groups excluding carboxylic acids is 1. The molecule has 0 spiro atoms. The van der Waals surface area contributed by atoms with Gasteiger partial charge in [-0.15, -0.1) is 11.3 Å². The van der Waals surface area contributed by atoms with Gasteiger partial charge in [0.15, 0.2) is 5.01 Å². The summed E-state index contributed by atoms with van der Waals surface area (Å²) in [7, 11) is 0. The predicted molar refractivity (Wildman–Crippen MR) is 88.9 cm³/mol. The summed E-state index contributed by atoms with van der Waals surface area (Å²) in [5, 5.41) is 2.59. The second kappa shape index (κ2) is 5.69. The number of piperidine rings is 1. The van der Waals surface area contributed by atoms with Gasteiger partial charge >= 0.3 is 0 Å². The van der Waals surface area contributed by atoms with Gasteiger partial charge in [0.1, 0.15) is 0 Å². The topological polar surface area (TPSA) is 33.2 Å². The van der Waals surface area contributed by atoms with Crippen LogP contribution in [-0.4, -0.2) is 28.9 Å². The van der Waals surface area contributed by atoms with Gasteiger partial charge in [-0.25, -0.2) is 4.98 Å². The molecule has 1 aromatic heterocycles. The first-order valence-electron chi connectivity index (χ1n) is 7.81. The van der Waals surface area contributed by atoms with Crippen molar-refractivity contribution in [2.75, 3.05) is 13.1 Å². The first-order chi connectivity index (χ1) is 10.8. The number of likely N-dealkylation sites (tertiary alicyclic amines) is 1. The molecule has 2 heterocycles. The van der Waals surface area contributed by atoms with Crippen LogP contribution in [0.2, 0.25) is 0 Å². The molecule has 0 bridgehead atoms. The number of carbonyl (C=O) groups is 1. The monoisotopic (exact) mass is 310 g/mol. The van der Waals surface area contributed by atoms with E-state index in [-0.39, 0.29) is 5.91 Å². The van der Waals surface area contributed by atoms with Crippen LogP contribution in [0.1, 0.15) is 35.5 Å². The summed E-state index contributed by atoms with van der Waals surface area (Å²) >= 11 is 1.45. The molecule has 1 saturated carbocycles. The number of thiazole rings is 1. The molecule has 2 fully saturated rings. The van der Waals surface area contributed by atoms with Crippen molar-refractivity contribution in [1.82, 2.24) is 9.88 Å². The van der Waals surface area contributed by atoms with E-state index in [1.807, 2.05) is 40.6 Å². The van der Waals surface area contributed by atoms with Crippen molar-refractivity contribution >= 4 is 17.2 Å². The maximum Gasteiger partial charge on any atom is 0.282 e. The smallest absolute Gasteiger partial charge is 0.282 e. The molecule has 1 amide bonds. The third-order valence-electron chi connectivity index (χ3n) is 4.41. The lowest BCUT2D eigenvalue weighted by Crippen LogP contribution is -2.36.